The van der Waals surface area contributed by atoms with Gasteiger partial charge in [0.1, 0.15) is 0 Å². The summed E-state index contributed by atoms with van der Waals surface area (Å²) in [5, 5.41) is 7.43. The largest absolute Gasteiger partial charge is 0.452 e. The molecule has 0 aliphatic heterocycles. The first-order valence-corrected chi connectivity index (χ1v) is 7.07. The van der Waals surface area contributed by atoms with E-state index in [0.29, 0.717) is 10.0 Å². The molecule has 6 nitrogen and oxygen atoms in total. The van der Waals surface area contributed by atoms with E-state index in [-0.39, 0.29) is 18.7 Å². The van der Waals surface area contributed by atoms with E-state index in [4.69, 9.17) is 27.9 Å². The first kappa shape index (κ1) is 16.3. The van der Waals surface area contributed by atoms with Crippen LogP contribution in [0.4, 0.5) is 0 Å². The van der Waals surface area contributed by atoms with Crippen molar-refractivity contribution in [1.82, 2.24) is 15.1 Å². The third kappa shape index (κ3) is 4.47. The number of nitrogens with one attached hydrogen (secondary N) is 1. The molecule has 0 unspecified atom stereocenters. The van der Waals surface area contributed by atoms with Crippen LogP contribution in [0.2, 0.25) is 10.0 Å². The molecule has 116 valence electrons. The maximum Gasteiger partial charge on any atom is 0.341 e. The van der Waals surface area contributed by atoms with E-state index in [1.807, 2.05) is 0 Å². The second-order valence-electron chi connectivity index (χ2n) is 4.49. The molecule has 1 N–H and O–H groups in total. The molecular formula is C14H13Cl2N3O3. The van der Waals surface area contributed by atoms with Crippen molar-refractivity contribution in [3.63, 3.8) is 0 Å². The molecule has 0 fully saturated rings. The second kappa shape index (κ2) is 7.29. The Hall–Kier alpha value is -2.05. The zero-order valence-corrected chi connectivity index (χ0v) is 13.2. The number of ether oxygens (including phenoxy) is 1. The Balaban J connectivity index is 1.79. The highest BCUT2D eigenvalue weighted by Gasteiger charge is 2.12. The maximum atomic E-state index is 11.7. The Labute approximate surface area is 137 Å². The minimum atomic E-state index is -0.604. The van der Waals surface area contributed by atoms with Gasteiger partial charge in [-0.3, -0.25) is 9.48 Å². The zero-order chi connectivity index (χ0) is 16.1. The van der Waals surface area contributed by atoms with Gasteiger partial charge in [-0.25, -0.2) is 4.79 Å². The van der Waals surface area contributed by atoms with Crippen molar-refractivity contribution >= 4 is 35.1 Å². The van der Waals surface area contributed by atoms with Gasteiger partial charge < -0.3 is 10.1 Å². The van der Waals surface area contributed by atoms with Crippen molar-refractivity contribution in [2.45, 2.75) is 6.54 Å². The van der Waals surface area contributed by atoms with Crippen LogP contribution in [0.15, 0.2) is 30.6 Å². The van der Waals surface area contributed by atoms with Crippen LogP contribution < -0.4 is 5.32 Å². The molecule has 1 heterocycles. The van der Waals surface area contributed by atoms with Gasteiger partial charge in [-0.05, 0) is 17.7 Å². The second-order valence-corrected chi connectivity index (χ2v) is 5.33. The van der Waals surface area contributed by atoms with Crippen LogP contribution in [-0.4, -0.2) is 28.3 Å². The Morgan fingerprint density at radius 2 is 2.14 bits per heavy atom. The summed E-state index contributed by atoms with van der Waals surface area (Å²) in [6, 6.07) is 4.98. The third-order valence-electron chi connectivity index (χ3n) is 2.77. The molecule has 0 aliphatic rings. The molecule has 8 heteroatoms. The lowest BCUT2D eigenvalue weighted by Crippen LogP contribution is -2.28. The molecule has 0 aliphatic carbocycles. The molecule has 0 saturated heterocycles. The number of hydrogen-bond donors (Lipinski definition) is 1. The summed E-state index contributed by atoms with van der Waals surface area (Å²) in [6.45, 7) is -0.155. The van der Waals surface area contributed by atoms with E-state index >= 15 is 0 Å². The van der Waals surface area contributed by atoms with Crippen molar-refractivity contribution in [3.05, 3.63) is 51.8 Å². The highest BCUT2D eigenvalue weighted by atomic mass is 35.5. The Bertz CT molecular complexity index is 700. The quantitative estimate of drug-likeness (QED) is 0.846. The molecule has 0 radical (unpaired) electrons. The van der Waals surface area contributed by atoms with Gasteiger partial charge in [-0.15, -0.1) is 0 Å². The van der Waals surface area contributed by atoms with E-state index in [0.717, 1.165) is 5.56 Å². The van der Waals surface area contributed by atoms with Gasteiger partial charge in [0, 0.05) is 29.8 Å². The lowest BCUT2D eigenvalue weighted by molar-refractivity contribution is -0.124. The van der Waals surface area contributed by atoms with Crippen LogP contribution in [0, 0.1) is 0 Å². The fourth-order valence-corrected chi connectivity index (χ4v) is 2.13. The van der Waals surface area contributed by atoms with Crippen molar-refractivity contribution in [3.8, 4) is 0 Å². The zero-order valence-electron chi connectivity index (χ0n) is 11.7. The molecule has 2 aromatic rings. The number of nitrogens with zero attached hydrogens (tertiary/aromatic N) is 2. The van der Waals surface area contributed by atoms with Crippen LogP contribution in [0.3, 0.4) is 0 Å². The number of carbonyl (C=O) groups excluding carboxylic acids is 2. The molecular weight excluding hydrogens is 329 g/mol. The summed E-state index contributed by atoms with van der Waals surface area (Å²) in [5.41, 5.74) is 1.01. The van der Waals surface area contributed by atoms with E-state index in [1.54, 1.807) is 25.2 Å². The van der Waals surface area contributed by atoms with E-state index in [9.17, 15) is 9.59 Å². The van der Waals surface area contributed by atoms with Crippen molar-refractivity contribution in [2.75, 3.05) is 6.61 Å². The Kier molecular flexibility index (Phi) is 5.41. The van der Waals surface area contributed by atoms with Crippen LogP contribution >= 0.6 is 23.2 Å². The van der Waals surface area contributed by atoms with Crippen LogP contribution in [0.1, 0.15) is 15.9 Å². The molecule has 0 bridgehead atoms. The van der Waals surface area contributed by atoms with E-state index in [1.165, 1.54) is 17.1 Å². The molecule has 0 atom stereocenters. The van der Waals surface area contributed by atoms with Crippen LogP contribution in [0.25, 0.3) is 0 Å². The Morgan fingerprint density at radius 3 is 2.77 bits per heavy atom. The molecule has 22 heavy (non-hydrogen) atoms. The standard InChI is InChI=1S/C14H13Cl2N3O3/c1-19-7-10(6-18-19)14(21)22-8-13(20)17-5-9-2-3-11(15)4-12(9)16/h2-4,6-7H,5,8H2,1H3,(H,17,20). The van der Waals surface area contributed by atoms with Gasteiger partial charge in [-0.1, -0.05) is 29.3 Å². The fraction of sp³-hybridized carbons (Fsp3) is 0.214. The van der Waals surface area contributed by atoms with Crippen molar-refractivity contribution in [1.29, 1.82) is 0 Å². The van der Waals surface area contributed by atoms with Crippen LogP contribution in [0.5, 0.6) is 0 Å². The number of esters is 1. The monoisotopic (exact) mass is 341 g/mol. The van der Waals surface area contributed by atoms with Gasteiger partial charge in [0.2, 0.25) is 0 Å². The average Bonchev–Trinajstić information content (AvgIpc) is 2.90. The van der Waals surface area contributed by atoms with Crippen molar-refractivity contribution in [2.24, 2.45) is 7.05 Å². The molecule has 1 aromatic carbocycles. The number of halogens is 2. The average molecular weight is 342 g/mol. The number of benzene rings is 1. The summed E-state index contributed by atoms with van der Waals surface area (Å²) < 4.78 is 6.35. The SMILES string of the molecule is Cn1cc(C(=O)OCC(=O)NCc2ccc(Cl)cc2Cl)cn1. The van der Waals surface area contributed by atoms with Crippen LogP contribution in [-0.2, 0) is 23.1 Å². The van der Waals surface area contributed by atoms with Crippen molar-refractivity contribution < 1.29 is 14.3 Å². The van der Waals surface area contributed by atoms with Gasteiger partial charge in [0.05, 0.1) is 11.8 Å². The lowest BCUT2D eigenvalue weighted by Gasteiger charge is -2.07. The lowest BCUT2D eigenvalue weighted by atomic mass is 10.2. The number of aromatic nitrogens is 2. The minimum Gasteiger partial charge on any atom is -0.452 e. The summed E-state index contributed by atoms with van der Waals surface area (Å²) in [5.74, 6) is -1.03. The van der Waals surface area contributed by atoms with Gasteiger partial charge in [0.25, 0.3) is 5.91 Å². The summed E-state index contributed by atoms with van der Waals surface area (Å²) in [7, 11) is 1.68. The molecule has 0 spiro atoms. The topological polar surface area (TPSA) is 73.2 Å². The van der Waals surface area contributed by atoms with Gasteiger partial charge in [-0.2, -0.15) is 5.10 Å². The Morgan fingerprint density at radius 1 is 1.36 bits per heavy atom. The number of carbonyl (C=O) groups is 2. The number of aryl methyl sites for hydroxylation is 1. The predicted octanol–water partition coefficient (Wildman–Crippen LogP) is 2.20. The highest BCUT2D eigenvalue weighted by molar-refractivity contribution is 6.35. The molecule has 1 aromatic heterocycles. The summed E-state index contributed by atoms with van der Waals surface area (Å²) in [4.78, 5) is 23.3. The van der Waals surface area contributed by atoms with Gasteiger partial charge >= 0.3 is 5.97 Å². The molecule has 2 rings (SSSR count). The summed E-state index contributed by atoms with van der Waals surface area (Å²) >= 11 is 11.8. The number of rotatable bonds is 5. The number of amides is 1. The molecule has 0 saturated carbocycles. The first-order valence-electron chi connectivity index (χ1n) is 6.32. The maximum absolute atomic E-state index is 11.7. The minimum absolute atomic E-state index is 0.222. The predicted molar refractivity (Wildman–Crippen MR) is 81.8 cm³/mol. The van der Waals surface area contributed by atoms with E-state index in [2.05, 4.69) is 10.4 Å². The van der Waals surface area contributed by atoms with Gasteiger partial charge in [0.15, 0.2) is 6.61 Å². The smallest absolute Gasteiger partial charge is 0.341 e. The summed E-state index contributed by atoms with van der Waals surface area (Å²) in [6.07, 6.45) is 2.88. The highest BCUT2D eigenvalue weighted by Crippen LogP contribution is 2.20. The first-order chi connectivity index (χ1) is 10.5. The fourth-order valence-electron chi connectivity index (χ4n) is 1.65. The molecule has 1 amide bonds. The third-order valence-corrected chi connectivity index (χ3v) is 3.35. The van der Waals surface area contributed by atoms with E-state index < -0.39 is 11.9 Å². The number of hydrogen-bond acceptors (Lipinski definition) is 4. The normalized spacial score (nSPS) is 10.3.